The predicted octanol–water partition coefficient (Wildman–Crippen LogP) is 3.57. The lowest BCUT2D eigenvalue weighted by Crippen LogP contribution is -2.42. The third-order valence-corrected chi connectivity index (χ3v) is 6.88. The van der Waals surface area contributed by atoms with Crippen LogP contribution in [0.2, 0.25) is 0 Å². The number of pyridine rings is 1. The van der Waals surface area contributed by atoms with Crippen LogP contribution in [0.4, 0.5) is 5.69 Å². The Bertz CT molecular complexity index is 920. The maximum atomic E-state index is 13.2. The van der Waals surface area contributed by atoms with E-state index < -0.39 is 0 Å². The second kappa shape index (κ2) is 9.62. The molecule has 1 saturated heterocycles. The van der Waals surface area contributed by atoms with Gasteiger partial charge in [-0.1, -0.05) is 30.3 Å². The molecule has 2 amide bonds. The summed E-state index contributed by atoms with van der Waals surface area (Å²) in [6.45, 7) is 5.07. The first kappa shape index (κ1) is 20.9. The molecule has 1 aromatic heterocycles. The first-order chi connectivity index (χ1) is 14.6. The second-order valence-electron chi connectivity index (χ2n) is 7.90. The molecule has 4 rings (SSSR count). The molecule has 3 heterocycles. The number of piperidine rings is 1. The lowest BCUT2D eigenvalue weighted by molar-refractivity contribution is -0.119. The van der Waals surface area contributed by atoms with Crippen molar-refractivity contribution in [3.05, 3.63) is 48.2 Å². The minimum absolute atomic E-state index is 0.00482. The lowest BCUT2D eigenvalue weighted by Gasteiger charge is -2.33. The number of nitrogens with one attached hydrogen (secondary N) is 1. The van der Waals surface area contributed by atoms with Crippen LogP contribution in [0.3, 0.4) is 0 Å². The summed E-state index contributed by atoms with van der Waals surface area (Å²) < 4.78 is 0. The summed E-state index contributed by atoms with van der Waals surface area (Å²) in [7, 11) is 0. The van der Waals surface area contributed by atoms with Crippen molar-refractivity contribution >= 4 is 29.3 Å². The highest BCUT2D eigenvalue weighted by atomic mass is 32.2. The van der Waals surface area contributed by atoms with E-state index in [1.165, 1.54) is 31.0 Å². The van der Waals surface area contributed by atoms with E-state index in [1.54, 1.807) is 23.2 Å². The fraction of sp³-hybridized carbons (Fsp3) is 0.435. The highest BCUT2D eigenvalue weighted by molar-refractivity contribution is 7.99. The molecule has 0 radical (unpaired) electrons. The number of para-hydroxylation sites is 1. The molecule has 2 aromatic rings. The Balaban J connectivity index is 1.39. The van der Waals surface area contributed by atoms with Crippen LogP contribution in [0.5, 0.6) is 0 Å². The standard InChI is InChI=1S/C23H28N4O2S/c1-17-8-4-5-14-26(17)15-7-13-24-21(28)16-27-19-10-2-3-11-20(19)30-22-18(23(27)29)9-6-12-25-22/h2-3,6,9-12,17H,4-5,7-8,13-16H2,1H3,(H,24,28). The number of carbonyl (C=O) groups excluding carboxylic acids is 2. The molecular formula is C23H28N4O2S. The van der Waals surface area contributed by atoms with Gasteiger partial charge in [-0.25, -0.2) is 4.98 Å². The van der Waals surface area contributed by atoms with Gasteiger partial charge in [0.1, 0.15) is 11.6 Å². The van der Waals surface area contributed by atoms with Crippen LogP contribution in [-0.4, -0.2) is 53.9 Å². The van der Waals surface area contributed by atoms with Gasteiger partial charge in [-0.3, -0.25) is 14.5 Å². The minimum atomic E-state index is -0.187. The number of fused-ring (bicyclic) bond motifs is 2. The molecule has 1 aromatic carbocycles. The van der Waals surface area contributed by atoms with Crippen LogP contribution in [-0.2, 0) is 4.79 Å². The molecule has 1 unspecified atom stereocenters. The normalized spacial score (nSPS) is 19.0. The molecular weight excluding hydrogens is 396 g/mol. The Labute approximate surface area is 182 Å². The van der Waals surface area contributed by atoms with Gasteiger partial charge in [0.05, 0.1) is 11.3 Å². The molecule has 158 valence electrons. The van der Waals surface area contributed by atoms with E-state index in [0.717, 1.165) is 30.1 Å². The summed E-state index contributed by atoms with van der Waals surface area (Å²) in [5, 5.41) is 3.67. The van der Waals surface area contributed by atoms with Crippen LogP contribution in [0.25, 0.3) is 0 Å². The Morgan fingerprint density at radius 2 is 2.10 bits per heavy atom. The zero-order chi connectivity index (χ0) is 20.9. The fourth-order valence-electron chi connectivity index (χ4n) is 4.12. The Hall–Kier alpha value is -2.38. The zero-order valence-electron chi connectivity index (χ0n) is 17.3. The van der Waals surface area contributed by atoms with E-state index in [4.69, 9.17) is 0 Å². The number of hydrogen-bond donors (Lipinski definition) is 1. The first-order valence-corrected chi connectivity index (χ1v) is 11.5. The molecule has 0 saturated carbocycles. The number of aromatic nitrogens is 1. The van der Waals surface area contributed by atoms with Gasteiger partial charge in [-0.15, -0.1) is 0 Å². The van der Waals surface area contributed by atoms with Crippen LogP contribution in [0, 0.1) is 0 Å². The summed E-state index contributed by atoms with van der Waals surface area (Å²) in [4.78, 5) is 35.2. The molecule has 30 heavy (non-hydrogen) atoms. The van der Waals surface area contributed by atoms with E-state index in [0.29, 0.717) is 23.2 Å². The van der Waals surface area contributed by atoms with Crippen molar-refractivity contribution in [1.29, 1.82) is 0 Å². The van der Waals surface area contributed by atoms with Gasteiger partial charge in [0.25, 0.3) is 5.91 Å². The van der Waals surface area contributed by atoms with Gasteiger partial charge >= 0.3 is 0 Å². The maximum absolute atomic E-state index is 13.2. The summed E-state index contributed by atoms with van der Waals surface area (Å²) >= 11 is 1.46. The van der Waals surface area contributed by atoms with Gasteiger partial charge in [0.15, 0.2) is 0 Å². The average molecular weight is 425 g/mol. The van der Waals surface area contributed by atoms with Gasteiger partial charge in [-0.05, 0) is 57.0 Å². The van der Waals surface area contributed by atoms with E-state index in [-0.39, 0.29) is 18.4 Å². The third-order valence-electron chi connectivity index (χ3n) is 5.80. The summed E-state index contributed by atoms with van der Waals surface area (Å²) in [6, 6.07) is 11.8. The van der Waals surface area contributed by atoms with Crippen molar-refractivity contribution in [3.8, 4) is 0 Å². The quantitative estimate of drug-likeness (QED) is 0.718. The largest absolute Gasteiger partial charge is 0.355 e. The summed E-state index contributed by atoms with van der Waals surface area (Å²) in [5.74, 6) is -0.324. The smallest absolute Gasteiger partial charge is 0.261 e. The van der Waals surface area contributed by atoms with Crippen LogP contribution >= 0.6 is 11.8 Å². The minimum Gasteiger partial charge on any atom is -0.355 e. The zero-order valence-corrected chi connectivity index (χ0v) is 18.2. The monoisotopic (exact) mass is 424 g/mol. The van der Waals surface area contributed by atoms with Crippen molar-refractivity contribution in [2.75, 3.05) is 31.1 Å². The highest BCUT2D eigenvalue weighted by Gasteiger charge is 2.29. The van der Waals surface area contributed by atoms with E-state index in [9.17, 15) is 9.59 Å². The maximum Gasteiger partial charge on any atom is 0.261 e. The molecule has 0 bridgehead atoms. The Morgan fingerprint density at radius 1 is 1.23 bits per heavy atom. The second-order valence-corrected chi connectivity index (χ2v) is 8.93. The third kappa shape index (κ3) is 4.68. The molecule has 1 fully saturated rings. The first-order valence-electron chi connectivity index (χ1n) is 10.7. The van der Waals surface area contributed by atoms with Crippen LogP contribution < -0.4 is 10.2 Å². The van der Waals surface area contributed by atoms with Gasteiger partial charge in [0, 0.05) is 30.2 Å². The fourth-order valence-corrected chi connectivity index (χ4v) is 5.13. The lowest BCUT2D eigenvalue weighted by atomic mass is 10.0. The van der Waals surface area contributed by atoms with Gasteiger partial charge in [-0.2, -0.15) is 0 Å². The molecule has 2 aliphatic heterocycles. The number of benzene rings is 1. The molecule has 2 aliphatic rings. The van der Waals surface area contributed by atoms with E-state index >= 15 is 0 Å². The number of hydrogen-bond acceptors (Lipinski definition) is 5. The topological polar surface area (TPSA) is 65.5 Å². The van der Waals surface area contributed by atoms with E-state index in [1.807, 2.05) is 24.3 Å². The average Bonchev–Trinajstić information content (AvgIpc) is 2.87. The van der Waals surface area contributed by atoms with Crippen LogP contribution in [0.1, 0.15) is 43.0 Å². The number of rotatable bonds is 6. The number of carbonyl (C=O) groups is 2. The van der Waals surface area contributed by atoms with Crippen LogP contribution in [0.15, 0.2) is 52.5 Å². The van der Waals surface area contributed by atoms with Crippen molar-refractivity contribution in [2.45, 2.75) is 48.6 Å². The molecule has 0 spiro atoms. The number of nitrogens with zero attached hydrogens (tertiary/aromatic N) is 3. The van der Waals surface area contributed by atoms with Crippen molar-refractivity contribution in [3.63, 3.8) is 0 Å². The molecule has 0 aliphatic carbocycles. The van der Waals surface area contributed by atoms with Gasteiger partial charge in [0.2, 0.25) is 5.91 Å². The summed E-state index contributed by atoms with van der Waals surface area (Å²) in [5.41, 5.74) is 1.29. The molecule has 1 N–H and O–H groups in total. The predicted molar refractivity (Wildman–Crippen MR) is 119 cm³/mol. The number of amides is 2. The number of likely N-dealkylation sites (tertiary alicyclic amines) is 1. The number of anilines is 1. The van der Waals surface area contributed by atoms with Gasteiger partial charge < -0.3 is 10.2 Å². The highest BCUT2D eigenvalue weighted by Crippen LogP contribution is 2.39. The van der Waals surface area contributed by atoms with E-state index in [2.05, 4.69) is 22.1 Å². The SMILES string of the molecule is CC1CCCCN1CCCNC(=O)CN1C(=O)c2cccnc2Sc2ccccc21. The summed E-state index contributed by atoms with van der Waals surface area (Å²) in [6.07, 6.45) is 6.45. The Kier molecular flexibility index (Phi) is 6.69. The molecule has 6 nitrogen and oxygen atoms in total. The molecule has 7 heteroatoms. The molecule has 1 atom stereocenters. The van der Waals surface area contributed by atoms with Crippen molar-refractivity contribution in [2.24, 2.45) is 0 Å². The Morgan fingerprint density at radius 3 is 2.97 bits per heavy atom. The van der Waals surface area contributed by atoms with Crippen molar-refractivity contribution < 1.29 is 9.59 Å². The van der Waals surface area contributed by atoms with Crippen molar-refractivity contribution in [1.82, 2.24) is 15.2 Å².